The van der Waals surface area contributed by atoms with Crippen LogP contribution in [0.25, 0.3) is 6.08 Å². The van der Waals surface area contributed by atoms with Gasteiger partial charge in [0.2, 0.25) is 5.91 Å². The predicted molar refractivity (Wildman–Crippen MR) is 123 cm³/mol. The Bertz CT molecular complexity index is 937. The molecule has 0 radical (unpaired) electrons. The van der Waals surface area contributed by atoms with Crippen LogP contribution in [0, 0.1) is 0 Å². The lowest BCUT2D eigenvalue weighted by molar-refractivity contribution is -0.122. The standard InChI is InChI=1S/C23H28NO4PS/c1-18(16-19-6-4-3-5-7-19)17-28-20-8-10-21(11-9-20)30-29(2,26)23(22(24)25)12-14-27-15-13-23/h3-11,16H,12-15,17H2,1-2H3,(H2,24,25)/b18-16+. The molecule has 1 unspecified atom stereocenters. The van der Waals surface area contributed by atoms with E-state index in [2.05, 4.69) is 18.2 Å². The summed E-state index contributed by atoms with van der Waals surface area (Å²) in [5, 5.41) is -1.01. The SMILES string of the molecule is C/C(=C\c1ccccc1)COc1ccc(SP(C)(=O)C2(C(N)=O)CCOCC2)cc1. The minimum absolute atomic E-state index is 0.400. The van der Waals surface area contributed by atoms with E-state index < -0.39 is 17.4 Å². The molecule has 0 bridgehead atoms. The number of carbonyl (C=O) groups excluding carboxylic acids is 1. The van der Waals surface area contributed by atoms with Crippen molar-refractivity contribution >= 4 is 29.7 Å². The third kappa shape index (κ3) is 5.37. The molecule has 0 saturated carbocycles. The molecule has 160 valence electrons. The maximum Gasteiger partial charge on any atom is 0.232 e. The Labute approximate surface area is 182 Å². The second kappa shape index (κ2) is 9.86. The predicted octanol–water partition coefficient (Wildman–Crippen LogP) is 5.20. The molecule has 2 N–H and O–H groups in total. The molecule has 1 atom stereocenters. The van der Waals surface area contributed by atoms with Crippen LogP contribution in [0.1, 0.15) is 25.3 Å². The van der Waals surface area contributed by atoms with Crippen molar-refractivity contribution in [2.45, 2.75) is 29.8 Å². The van der Waals surface area contributed by atoms with Crippen molar-refractivity contribution in [2.75, 3.05) is 26.5 Å². The van der Waals surface area contributed by atoms with Gasteiger partial charge in [0.1, 0.15) is 17.5 Å². The summed E-state index contributed by atoms with van der Waals surface area (Å²) in [7, 11) is 0. The number of rotatable bonds is 8. The molecule has 7 heteroatoms. The minimum Gasteiger partial charge on any atom is -0.489 e. The van der Waals surface area contributed by atoms with Crippen molar-refractivity contribution < 1.29 is 18.8 Å². The highest BCUT2D eigenvalue weighted by Crippen LogP contribution is 2.70. The fraction of sp³-hybridized carbons (Fsp3) is 0.348. The molecule has 1 fully saturated rings. The van der Waals surface area contributed by atoms with Gasteiger partial charge in [-0.2, -0.15) is 0 Å². The summed E-state index contributed by atoms with van der Waals surface area (Å²) in [6, 6.07) is 17.6. The molecule has 1 heterocycles. The Kier molecular flexibility index (Phi) is 7.45. The van der Waals surface area contributed by atoms with E-state index >= 15 is 0 Å². The number of primary amides is 1. The summed E-state index contributed by atoms with van der Waals surface area (Å²) in [6.07, 6.45) is -0.0576. The van der Waals surface area contributed by atoms with Gasteiger partial charge < -0.3 is 19.8 Å². The van der Waals surface area contributed by atoms with Gasteiger partial charge in [0, 0.05) is 18.1 Å². The first-order chi connectivity index (χ1) is 14.3. The number of amides is 1. The van der Waals surface area contributed by atoms with Crippen LogP contribution in [0.2, 0.25) is 0 Å². The normalized spacial score (nSPS) is 18.4. The molecule has 0 spiro atoms. The Balaban J connectivity index is 1.63. The molecule has 0 aromatic heterocycles. The van der Waals surface area contributed by atoms with E-state index in [-0.39, 0.29) is 0 Å². The van der Waals surface area contributed by atoms with Gasteiger partial charge in [0.15, 0.2) is 6.34 Å². The second-order valence-electron chi connectivity index (χ2n) is 7.61. The molecule has 1 aliphatic rings. The highest BCUT2D eigenvalue weighted by molar-refractivity contribution is 8.58. The van der Waals surface area contributed by atoms with Crippen LogP contribution in [-0.2, 0) is 14.1 Å². The van der Waals surface area contributed by atoms with Crippen molar-refractivity contribution in [2.24, 2.45) is 5.73 Å². The van der Waals surface area contributed by atoms with Gasteiger partial charge in [0.05, 0.1) is 0 Å². The lowest BCUT2D eigenvalue weighted by Gasteiger charge is -2.38. The quantitative estimate of drug-likeness (QED) is 0.565. The third-order valence-electron chi connectivity index (χ3n) is 5.34. The van der Waals surface area contributed by atoms with E-state index in [1.165, 1.54) is 11.4 Å². The van der Waals surface area contributed by atoms with Crippen molar-refractivity contribution in [3.8, 4) is 5.75 Å². The van der Waals surface area contributed by atoms with Crippen molar-refractivity contribution in [3.05, 3.63) is 65.7 Å². The number of nitrogens with two attached hydrogens (primary N) is 1. The number of carbonyl (C=O) groups is 1. The first kappa shape index (κ1) is 22.7. The van der Waals surface area contributed by atoms with Crippen molar-refractivity contribution in [1.29, 1.82) is 0 Å². The summed E-state index contributed by atoms with van der Waals surface area (Å²) in [4.78, 5) is 13.0. The Morgan fingerprint density at radius 2 is 1.80 bits per heavy atom. The van der Waals surface area contributed by atoms with Gasteiger partial charge in [-0.3, -0.25) is 4.79 Å². The van der Waals surface area contributed by atoms with E-state index in [9.17, 15) is 9.36 Å². The molecular weight excluding hydrogens is 417 g/mol. The Morgan fingerprint density at radius 3 is 2.40 bits per heavy atom. The molecular formula is C23H28NO4PS. The molecule has 1 amide bonds. The summed E-state index contributed by atoms with van der Waals surface area (Å²) >= 11 is 1.25. The monoisotopic (exact) mass is 445 g/mol. The molecule has 3 rings (SSSR count). The van der Waals surface area contributed by atoms with Gasteiger partial charge in [-0.15, -0.1) is 0 Å². The van der Waals surface area contributed by atoms with Gasteiger partial charge in [0.25, 0.3) is 0 Å². The molecule has 1 saturated heterocycles. The summed E-state index contributed by atoms with van der Waals surface area (Å²) in [6.45, 7) is 4.99. The maximum absolute atomic E-state index is 13.5. The minimum atomic E-state index is -2.95. The summed E-state index contributed by atoms with van der Waals surface area (Å²) in [5.41, 5.74) is 7.93. The van der Waals surface area contributed by atoms with Gasteiger partial charge in [-0.1, -0.05) is 47.8 Å². The highest BCUT2D eigenvalue weighted by atomic mass is 32.7. The van der Waals surface area contributed by atoms with E-state index in [0.717, 1.165) is 21.8 Å². The summed E-state index contributed by atoms with van der Waals surface area (Å²) < 4.78 is 24.8. The Hall–Kier alpha value is -2.01. The van der Waals surface area contributed by atoms with Crippen LogP contribution in [-0.4, -0.2) is 37.5 Å². The second-order valence-corrected chi connectivity index (χ2v) is 13.4. The smallest absolute Gasteiger partial charge is 0.232 e. The average Bonchev–Trinajstić information content (AvgIpc) is 2.74. The zero-order valence-corrected chi connectivity index (χ0v) is 19.1. The average molecular weight is 446 g/mol. The number of hydrogen-bond donors (Lipinski definition) is 1. The highest BCUT2D eigenvalue weighted by Gasteiger charge is 2.51. The lowest BCUT2D eigenvalue weighted by atomic mass is 9.98. The van der Waals surface area contributed by atoms with Crippen LogP contribution >= 0.6 is 17.7 Å². The molecule has 1 aliphatic heterocycles. The van der Waals surface area contributed by atoms with E-state index in [0.29, 0.717) is 32.7 Å². The van der Waals surface area contributed by atoms with Crippen LogP contribution in [0.3, 0.4) is 0 Å². The van der Waals surface area contributed by atoms with Gasteiger partial charge in [-0.05, 0) is 61.8 Å². The van der Waals surface area contributed by atoms with Crippen LogP contribution in [0.5, 0.6) is 5.75 Å². The van der Waals surface area contributed by atoms with Crippen molar-refractivity contribution in [1.82, 2.24) is 0 Å². The van der Waals surface area contributed by atoms with Gasteiger partial charge >= 0.3 is 0 Å². The zero-order valence-electron chi connectivity index (χ0n) is 17.4. The Morgan fingerprint density at radius 1 is 1.17 bits per heavy atom. The molecule has 5 nitrogen and oxygen atoms in total. The maximum atomic E-state index is 13.5. The van der Waals surface area contributed by atoms with Gasteiger partial charge in [-0.25, -0.2) is 0 Å². The number of benzene rings is 2. The largest absolute Gasteiger partial charge is 0.489 e. The first-order valence-corrected chi connectivity index (χ1v) is 13.5. The van der Waals surface area contributed by atoms with Crippen LogP contribution < -0.4 is 10.5 Å². The molecule has 0 aliphatic carbocycles. The summed E-state index contributed by atoms with van der Waals surface area (Å²) in [5.74, 6) is 0.242. The van der Waals surface area contributed by atoms with E-state index in [1.807, 2.05) is 49.4 Å². The van der Waals surface area contributed by atoms with Crippen LogP contribution in [0.4, 0.5) is 0 Å². The topological polar surface area (TPSA) is 78.6 Å². The van der Waals surface area contributed by atoms with E-state index in [4.69, 9.17) is 15.2 Å². The first-order valence-electron chi connectivity index (χ1n) is 9.92. The molecule has 2 aromatic rings. The zero-order chi connectivity index (χ0) is 21.6. The van der Waals surface area contributed by atoms with Crippen LogP contribution in [0.15, 0.2) is 65.1 Å². The molecule has 30 heavy (non-hydrogen) atoms. The fourth-order valence-corrected chi connectivity index (χ4v) is 8.66. The lowest BCUT2D eigenvalue weighted by Crippen LogP contribution is -2.47. The molecule has 2 aromatic carbocycles. The van der Waals surface area contributed by atoms with E-state index in [1.54, 1.807) is 6.66 Å². The fourth-order valence-electron chi connectivity index (χ4n) is 3.52. The third-order valence-corrected chi connectivity index (χ3v) is 11.1. The number of ether oxygens (including phenoxy) is 2. The number of hydrogen-bond acceptors (Lipinski definition) is 5. The van der Waals surface area contributed by atoms with Crippen molar-refractivity contribution in [3.63, 3.8) is 0 Å².